The summed E-state index contributed by atoms with van der Waals surface area (Å²) < 4.78 is 7.09. The Morgan fingerprint density at radius 3 is 3.21 bits per heavy atom. The predicted molar refractivity (Wildman–Crippen MR) is 50.6 cm³/mol. The minimum Gasteiger partial charge on any atom is -0.359 e. The van der Waals surface area contributed by atoms with E-state index in [9.17, 15) is 0 Å². The number of aromatic nitrogens is 3. The molecule has 74 valence electrons. The van der Waals surface area contributed by atoms with Crippen molar-refractivity contribution in [1.29, 1.82) is 0 Å². The molecular formula is C9H12N4O. The summed E-state index contributed by atoms with van der Waals surface area (Å²) in [4.78, 5) is 3.95. The summed E-state index contributed by atoms with van der Waals surface area (Å²) >= 11 is 0. The maximum Gasteiger partial charge on any atom is 0.156 e. The molecule has 5 nitrogen and oxygen atoms in total. The van der Waals surface area contributed by atoms with Gasteiger partial charge in [-0.05, 0) is 7.05 Å². The third-order valence-electron chi connectivity index (χ3n) is 1.86. The summed E-state index contributed by atoms with van der Waals surface area (Å²) in [6.07, 6.45) is 5.38. The van der Waals surface area contributed by atoms with E-state index < -0.39 is 0 Å². The monoisotopic (exact) mass is 192 g/mol. The summed E-state index contributed by atoms with van der Waals surface area (Å²) in [6.45, 7) is 1.41. The molecule has 0 spiro atoms. The first-order valence-corrected chi connectivity index (χ1v) is 4.43. The summed E-state index contributed by atoms with van der Waals surface area (Å²) in [6, 6.07) is 1.94. The molecule has 0 saturated carbocycles. The van der Waals surface area contributed by atoms with E-state index in [-0.39, 0.29) is 0 Å². The lowest BCUT2D eigenvalue weighted by molar-refractivity contribution is 0.369. The molecule has 2 heterocycles. The fraction of sp³-hybridized carbons (Fsp3) is 0.333. The van der Waals surface area contributed by atoms with Crippen LogP contribution in [0.5, 0.6) is 0 Å². The van der Waals surface area contributed by atoms with E-state index in [1.807, 2.05) is 23.9 Å². The van der Waals surface area contributed by atoms with Gasteiger partial charge in [-0.1, -0.05) is 5.16 Å². The first-order chi connectivity index (χ1) is 6.88. The van der Waals surface area contributed by atoms with Crippen LogP contribution < -0.4 is 5.32 Å². The van der Waals surface area contributed by atoms with Gasteiger partial charge in [0.15, 0.2) is 5.76 Å². The Bertz CT molecular complexity index is 379. The normalized spacial score (nSPS) is 10.6. The predicted octanol–water partition coefficient (Wildman–Crippen LogP) is 0.639. The van der Waals surface area contributed by atoms with Crippen LogP contribution in [0.1, 0.15) is 11.5 Å². The molecule has 0 aliphatic heterocycles. The largest absolute Gasteiger partial charge is 0.359 e. The molecular weight excluding hydrogens is 180 g/mol. The average molecular weight is 192 g/mol. The molecule has 0 bridgehead atoms. The minimum absolute atomic E-state index is 0.677. The number of imidazole rings is 1. The second kappa shape index (κ2) is 4.06. The molecule has 0 fully saturated rings. The molecule has 2 aromatic heterocycles. The van der Waals surface area contributed by atoms with Gasteiger partial charge in [-0.15, -0.1) is 0 Å². The molecule has 1 N–H and O–H groups in total. The van der Waals surface area contributed by atoms with Gasteiger partial charge in [-0.25, -0.2) is 4.98 Å². The molecule has 5 heteroatoms. The van der Waals surface area contributed by atoms with Gasteiger partial charge in [0.25, 0.3) is 0 Å². The number of rotatable bonds is 4. The van der Waals surface area contributed by atoms with Crippen LogP contribution in [-0.2, 0) is 13.1 Å². The summed E-state index contributed by atoms with van der Waals surface area (Å²) in [5.74, 6) is 0.841. The minimum atomic E-state index is 0.677. The summed E-state index contributed by atoms with van der Waals surface area (Å²) in [7, 11) is 1.88. The van der Waals surface area contributed by atoms with E-state index in [0.29, 0.717) is 6.54 Å². The molecule has 0 aliphatic rings. The molecule has 0 radical (unpaired) electrons. The molecule has 0 saturated heterocycles. The highest BCUT2D eigenvalue weighted by Gasteiger charge is 2.03. The fourth-order valence-corrected chi connectivity index (χ4v) is 1.25. The van der Waals surface area contributed by atoms with Crippen LogP contribution in [0.15, 0.2) is 29.3 Å². The second-order valence-corrected chi connectivity index (χ2v) is 3.05. The Kier molecular flexibility index (Phi) is 2.60. The lowest BCUT2D eigenvalue weighted by atomic mass is 10.3. The standard InChI is InChI=1S/C9H12N4O/c1-10-5-8-4-9(14-12-8)6-13-3-2-11-7-13/h2-4,7,10H,5-6H2,1H3. The average Bonchev–Trinajstić information content (AvgIpc) is 2.79. The first-order valence-electron chi connectivity index (χ1n) is 4.43. The Morgan fingerprint density at radius 2 is 2.50 bits per heavy atom. The number of nitrogens with one attached hydrogen (secondary N) is 1. The van der Waals surface area contributed by atoms with Crippen molar-refractivity contribution in [2.75, 3.05) is 7.05 Å². The number of nitrogens with zero attached hydrogens (tertiary/aromatic N) is 3. The molecule has 0 atom stereocenters. The van der Waals surface area contributed by atoms with Crippen LogP contribution in [0.4, 0.5) is 0 Å². The molecule has 0 aromatic carbocycles. The Morgan fingerprint density at radius 1 is 1.57 bits per heavy atom. The van der Waals surface area contributed by atoms with Gasteiger partial charge in [0.05, 0.1) is 18.6 Å². The van der Waals surface area contributed by atoms with Crippen molar-refractivity contribution >= 4 is 0 Å². The van der Waals surface area contributed by atoms with E-state index in [4.69, 9.17) is 4.52 Å². The molecule has 14 heavy (non-hydrogen) atoms. The van der Waals surface area contributed by atoms with Crippen molar-refractivity contribution in [3.63, 3.8) is 0 Å². The van der Waals surface area contributed by atoms with Gasteiger partial charge in [0, 0.05) is 25.0 Å². The highest BCUT2D eigenvalue weighted by molar-refractivity contribution is 5.05. The van der Waals surface area contributed by atoms with Gasteiger partial charge >= 0.3 is 0 Å². The van der Waals surface area contributed by atoms with Gasteiger partial charge in [-0.3, -0.25) is 0 Å². The maximum atomic E-state index is 5.15. The van der Waals surface area contributed by atoms with Gasteiger partial charge in [-0.2, -0.15) is 0 Å². The van der Waals surface area contributed by atoms with Crippen LogP contribution >= 0.6 is 0 Å². The van der Waals surface area contributed by atoms with Crippen LogP contribution in [0, 0.1) is 0 Å². The van der Waals surface area contributed by atoms with E-state index in [1.165, 1.54) is 0 Å². The Balaban J connectivity index is 2.03. The van der Waals surface area contributed by atoms with Crippen LogP contribution in [0.2, 0.25) is 0 Å². The Hall–Kier alpha value is -1.62. The van der Waals surface area contributed by atoms with E-state index in [2.05, 4.69) is 15.5 Å². The SMILES string of the molecule is CNCc1cc(Cn2ccnc2)on1. The zero-order valence-electron chi connectivity index (χ0n) is 7.97. The first kappa shape index (κ1) is 8.96. The topological polar surface area (TPSA) is 55.9 Å². The lowest BCUT2D eigenvalue weighted by Gasteiger charge is -1.94. The molecule has 0 aliphatic carbocycles. The zero-order valence-corrected chi connectivity index (χ0v) is 7.97. The Labute approximate surface area is 81.7 Å². The highest BCUT2D eigenvalue weighted by atomic mass is 16.5. The van der Waals surface area contributed by atoms with E-state index >= 15 is 0 Å². The second-order valence-electron chi connectivity index (χ2n) is 3.05. The summed E-state index contributed by atoms with van der Waals surface area (Å²) in [5.41, 5.74) is 0.919. The van der Waals surface area contributed by atoms with Crippen LogP contribution in [-0.4, -0.2) is 21.8 Å². The van der Waals surface area contributed by atoms with Crippen LogP contribution in [0.3, 0.4) is 0 Å². The van der Waals surface area contributed by atoms with Crippen molar-refractivity contribution in [3.05, 3.63) is 36.2 Å². The molecule has 0 amide bonds. The van der Waals surface area contributed by atoms with E-state index in [0.717, 1.165) is 18.0 Å². The zero-order chi connectivity index (χ0) is 9.80. The van der Waals surface area contributed by atoms with E-state index in [1.54, 1.807) is 12.5 Å². The van der Waals surface area contributed by atoms with Crippen molar-refractivity contribution in [3.8, 4) is 0 Å². The van der Waals surface area contributed by atoms with Gasteiger partial charge in [0.1, 0.15) is 0 Å². The fourth-order valence-electron chi connectivity index (χ4n) is 1.25. The van der Waals surface area contributed by atoms with Crippen molar-refractivity contribution in [1.82, 2.24) is 20.0 Å². The maximum absolute atomic E-state index is 5.15. The van der Waals surface area contributed by atoms with Gasteiger partial charge < -0.3 is 14.4 Å². The molecule has 2 aromatic rings. The number of hydrogen-bond donors (Lipinski definition) is 1. The van der Waals surface area contributed by atoms with Crippen molar-refractivity contribution < 1.29 is 4.52 Å². The third-order valence-corrected chi connectivity index (χ3v) is 1.86. The van der Waals surface area contributed by atoms with Crippen molar-refractivity contribution in [2.45, 2.75) is 13.1 Å². The highest BCUT2D eigenvalue weighted by Crippen LogP contribution is 2.05. The molecule has 0 unspecified atom stereocenters. The smallest absolute Gasteiger partial charge is 0.156 e. The molecule has 2 rings (SSSR count). The lowest BCUT2D eigenvalue weighted by Crippen LogP contribution is -2.04. The van der Waals surface area contributed by atoms with Crippen LogP contribution in [0.25, 0.3) is 0 Å². The van der Waals surface area contributed by atoms with Crippen molar-refractivity contribution in [2.24, 2.45) is 0 Å². The number of hydrogen-bond acceptors (Lipinski definition) is 4. The van der Waals surface area contributed by atoms with Gasteiger partial charge in [0.2, 0.25) is 0 Å². The summed E-state index contributed by atoms with van der Waals surface area (Å²) in [5, 5.41) is 6.93. The third kappa shape index (κ3) is 2.00. The quantitative estimate of drug-likeness (QED) is 0.772.